The van der Waals surface area contributed by atoms with E-state index in [-0.39, 0.29) is 25.7 Å². The van der Waals surface area contributed by atoms with Crippen LogP contribution in [0.1, 0.15) is 382 Å². The van der Waals surface area contributed by atoms with Crippen LogP contribution in [0.25, 0.3) is 0 Å². The molecule has 2 unspecified atom stereocenters. The Hall–Kier alpha value is -1.94. The maximum absolute atomic E-state index is 13.1. The van der Waals surface area contributed by atoms with E-state index in [1.165, 1.54) is 186 Å². The Kier molecular flexibility index (Phi) is 64.6. The van der Waals surface area contributed by atoms with Gasteiger partial charge in [-0.15, -0.1) is 0 Å². The minimum Gasteiger partial charge on any atom is -0.462 e. The van der Waals surface area contributed by atoms with Gasteiger partial charge in [0.2, 0.25) is 0 Å². The zero-order valence-electron chi connectivity index (χ0n) is 60.6. The van der Waals surface area contributed by atoms with Gasteiger partial charge in [-0.2, -0.15) is 0 Å². The van der Waals surface area contributed by atoms with E-state index >= 15 is 0 Å². The van der Waals surface area contributed by atoms with Gasteiger partial charge in [0.25, 0.3) is 0 Å². The van der Waals surface area contributed by atoms with Crippen molar-refractivity contribution in [3.8, 4) is 0 Å². The minimum atomic E-state index is -4.95. The van der Waals surface area contributed by atoms with E-state index < -0.39 is 97.5 Å². The number of unbranched alkanes of at least 4 members (excludes halogenated alkanes) is 43. The summed E-state index contributed by atoms with van der Waals surface area (Å²) in [7, 11) is -9.90. The van der Waals surface area contributed by atoms with E-state index in [0.717, 1.165) is 115 Å². The summed E-state index contributed by atoms with van der Waals surface area (Å²) < 4.78 is 68.3. The number of phosphoric ester groups is 2. The topological polar surface area (TPSA) is 237 Å². The largest absolute Gasteiger partial charge is 0.472 e. The number of aliphatic hydroxyl groups is 1. The number of hydrogen-bond donors (Lipinski definition) is 3. The van der Waals surface area contributed by atoms with Crippen LogP contribution in [0.4, 0.5) is 0 Å². The summed E-state index contributed by atoms with van der Waals surface area (Å²) in [6.07, 6.45) is 53.0. The van der Waals surface area contributed by atoms with Gasteiger partial charge >= 0.3 is 39.5 Å². The minimum absolute atomic E-state index is 0.104. The molecule has 3 N–H and O–H groups in total. The summed E-state index contributed by atoms with van der Waals surface area (Å²) in [5, 5.41) is 10.6. The molecule has 0 rings (SSSR count). The third-order valence-corrected chi connectivity index (χ3v) is 19.1. The van der Waals surface area contributed by atoms with Crippen molar-refractivity contribution in [1.29, 1.82) is 0 Å². The highest BCUT2D eigenvalue weighted by Crippen LogP contribution is 2.45. The van der Waals surface area contributed by atoms with Crippen molar-refractivity contribution in [2.24, 2.45) is 11.8 Å². The average molecular weight is 1370 g/mol. The van der Waals surface area contributed by atoms with Crippen LogP contribution < -0.4 is 0 Å². The van der Waals surface area contributed by atoms with Crippen LogP contribution in [-0.4, -0.2) is 96.7 Å². The smallest absolute Gasteiger partial charge is 0.462 e. The number of phosphoric acid groups is 2. The van der Waals surface area contributed by atoms with Crippen molar-refractivity contribution in [3.05, 3.63) is 0 Å². The molecule has 17 nitrogen and oxygen atoms in total. The van der Waals surface area contributed by atoms with E-state index in [0.29, 0.717) is 25.7 Å². The lowest BCUT2D eigenvalue weighted by atomic mass is 10.0. The Bertz CT molecular complexity index is 1800. The first-order valence-electron chi connectivity index (χ1n) is 38.5. The summed E-state index contributed by atoms with van der Waals surface area (Å²) in [6, 6.07) is 0. The van der Waals surface area contributed by atoms with Crippen LogP contribution in [0.3, 0.4) is 0 Å². The van der Waals surface area contributed by atoms with Crippen molar-refractivity contribution in [2.45, 2.75) is 400 Å². The fourth-order valence-electron chi connectivity index (χ4n) is 11.3. The summed E-state index contributed by atoms with van der Waals surface area (Å²) in [5.41, 5.74) is 0. The van der Waals surface area contributed by atoms with Gasteiger partial charge in [0.15, 0.2) is 12.2 Å². The van der Waals surface area contributed by atoms with Crippen molar-refractivity contribution < 1.29 is 80.2 Å². The van der Waals surface area contributed by atoms with Crippen LogP contribution in [0.5, 0.6) is 0 Å². The Morgan fingerprint density at radius 2 is 0.495 bits per heavy atom. The summed E-state index contributed by atoms with van der Waals surface area (Å²) in [6.45, 7) is 9.53. The monoisotopic (exact) mass is 1370 g/mol. The maximum atomic E-state index is 13.1. The molecule has 0 radical (unpaired) electrons. The zero-order chi connectivity index (χ0) is 68.6. The van der Waals surface area contributed by atoms with Gasteiger partial charge in [-0.25, -0.2) is 9.13 Å². The summed E-state index contributed by atoms with van der Waals surface area (Å²) >= 11 is 0. The first-order valence-corrected chi connectivity index (χ1v) is 41.5. The van der Waals surface area contributed by atoms with Gasteiger partial charge in [0.1, 0.15) is 19.3 Å². The second-order valence-electron chi connectivity index (χ2n) is 27.6. The molecule has 0 saturated carbocycles. The van der Waals surface area contributed by atoms with Crippen molar-refractivity contribution in [3.63, 3.8) is 0 Å². The highest BCUT2D eigenvalue weighted by atomic mass is 31.2. The highest BCUT2D eigenvalue weighted by Gasteiger charge is 2.30. The number of ether oxygens (including phenoxy) is 4. The van der Waals surface area contributed by atoms with Crippen LogP contribution in [0.2, 0.25) is 0 Å². The Balaban J connectivity index is 5.18. The second kappa shape index (κ2) is 66.0. The lowest BCUT2D eigenvalue weighted by Gasteiger charge is -2.21. The number of hydrogen-bond acceptors (Lipinski definition) is 15. The van der Waals surface area contributed by atoms with Gasteiger partial charge in [0.05, 0.1) is 26.4 Å². The standard InChI is InChI=1S/C74H144O17P2/c1-7-9-11-13-15-16-17-18-19-23-26-29-32-39-45-51-57-72(77)85-63-70(90-73(78)58-52-46-40-33-30-27-24-21-20-22-25-28-31-37-42-48-54-66(3)4)65-89-93(82,83)87-61-68(75)60-86-92(80,81)88-64-69(62-84-71(76)56-50-44-36-14-12-10-8-2)91-74(79)59-53-47-41-35-34-38-43-49-55-67(5)6/h66-70,75H,7-65H2,1-6H3,(H,80,81)(H,82,83)/t68-,69+,70+/m0/s1. The number of carbonyl (C=O) groups excluding carboxylic acids is 4. The third kappa shape index (κ3) is 68.4. The molecule has 0 aliphatic rings. The summed E-state index contributed by atoms with van der Waals surface area (Å²) in [4.78, 5) is 72.6. The number of rotatable bonds is 73. The van der Waals surface area contributed by atoms with Crippen molar-refractivity contribution >= 4 is 39.5 Å². The van der Waals surface area contributed by atoms with Crippen LogP contribution in [0.15, 0.2) is 0 Å². The molecule has 0 saturated heterocycles. The number of esters is 4. The molecule has 5 atom stereocenters. The van der Waals surface area contributed by atoms with E-state index in [9.17, 15) is 43.2 Å². The third-order valence-electron chi connectivity index (χ3n) is 17.2. The van der Waals surface area contributed by atoms with E-state index in [1.54, 1.807) is 0 Å². The average Bonchev–Trinajstić information content (AvgIpc) is 2.69. The van der Waals surface area contributed by atoms with E-state index in [1.807, 2.05) is 0 Å². The molecule has 0 heterocycles. The predicted molar refractivity (Wildman–Crippen MR) is 377 cm³/mol. The molecular formula is C74H144O17P2. The van der Waals surface area contributed by atoms with Gasteiger partial charge < -0.3 is 33.8 Å². The maximum Gasteiger partial charge on any atom is 0.472 e. The molecule has 0 bridgehead atoms. The highest BCUT2D eigenvalue weighted by molar-refractivity contribution is 7.47. The SMILES string of the molecule is CCCCCCCCCCCCCCCCCCC(=O)OC[C@H](COP(=O)(O)OC[C@@H](O)COP(=O)(O)OC[C@@H](COC(=O)CCCCCCCCC)OC(=O)CCCCCCCCCCC(C)C)OC(=O)CCCCCCCCCCCCCCCCCCC(C)C. The molecule has 19 heteroatoms. The Morgan fingerprint density at radius 1 is 0.290 bits per heavy atom. The molecule has 0 amide bonds. The fourth-order valence-corrected chi connectivity index (χ4v) is 12.9. The Labute approximate surface area is 568 Å². The quantitative estimate of drug-likeness (QED) is 0.0222. The van der Waals surface area contributed by atoms with E-state index in [4.69, 9.17) is 37.0 Å². The molecule has 93 heavy (non-hydrogen) atoms. The normalized spacial score (nSPS) is 14.1. The molecule has 552 valence electrons. The lowest BCUT2D eigenvalue weighted by Crippen LogP contribution is -2.30. The van der Waals surface area contributed by atoms with Gasteiger partial charge in [-0.3, -0.25) is 37.3 Å². The van der Waals surface area contributed by atoms with Crippen LogP contribution >= 0.6 is 15.6 Å². The van der Waals surface area contributed by atoms with Crippen molar-refractivity contribution in [1.82, 2.24) is 0 Å². The zero-order valence-corrected chi connectivity index (χ0v) is 62.3. The molecule has 0 fully saturated rings. The molecular weight excluding hydrogens is 1220 g/mol. The molecule has 0 aliphatic heterocycles. The molecule has 0 aliphatic carbocycles. The van der Waals surface area contributed by atoms with Crippen LogP contribution in [-0.2, 0) is 65.4 Å². The van der Waals surface area contributed by atoms with Gasteiger partial charge in [0, 0.05) is 25.7 Å². The first kappa shape index (κ1) is 91.1. The van der Waals surface area contributed by atoms with Gasteiger partial charge in [-0.05, 0) is 37.5 Å². The molecule has 0 aromatic carbocycles. The fraction of sp³-hybridized carbons (Fsp3) is 0.946. The second-order valence-corrected chi connectivity index (χ2v) is 30.5. The molecule has 0 aromatic rings. The predicted octanol–water partition coefficient (Wildman–Crippen LogP) is 21.6. The summed E-state index contributed by atoms with van der Waals surface area (Å²) in [5.74, 6) is -0.596. The number of aliphatic hydroxyl groups excluding tert-OH is 1. The first-order chi connectivity index (χ1) is 44.9. The number of carbonyl (C=O) groups is 4. The molecule has 0 aromatic heterocycles. The molecule has 0 spiro atoms. The van der Waals surface area contributed by atoms with Crippen molar-refractivity contribution in [2.75, 3.05) is 39.6 Å². The van der Waals surface area contributed by atoms with Crippen LogP contribution in [0, 0.1) is 11.8 Å². The Morgan fingerprint density at radius 3 is 0.731 bits per heavy atom. The lowest BCUT2D eigenvalue weighted by molar-refractivity contribution is -0.161. The van der Waals surface area contributed by atoms with Gasteiger partial charge in [-0.1, -0.05) is 330 Å². The van der Waals surface area contributed by atoms with E-state index in [2.05, 4.69) is 41.5 Å².